The van der Waals surface area contributed by atoms with Gasteiger partial charge in [0.25, 0.3) is 0 Å². The van der Waals surface area contributed by atoms with Crippen molar-refractivity contribution in [2.24, 2.45) is 11.8 Å². The number of hydrogen-bond acceptors (Lipinski definition) is 14. The molecule has 0 saturated carbocycles. The van der Waals surface area contributed by atoms with E-state index >= 15 is 0 Å². The van der Waals surface area contributed by atoms with Crippen LogP contribution in [0.2, 0.25) is 0 Å². The van der Waals surface area contributed by atoms with Crippen LogP contribution < -0.4 is 21.3 Å². The molecule has 19 heteroatoms. The van der Waals surface area contributed by atoms with Crippen LogP contribution in [0.25, 0.3) is 11.1 Å². The van der Waals surface area contributed by atoms with E-state index in [0.29, 0.717) is 38.5 Å². The number of hydrogen-bond donors (Lipinski definition) is 4. The molecule has 4 N–H and O–H groups in total. The molecule has 1 heterocycles. The van der Waals surface area contributed by atoms with Gasteiger partial charge in [0.2, 0.25) is 5.91 Å². The minimum atomic E-state index is -1.29. The lowest BCUT2D eigenvalue weighted by Crippen LogP contribution is -2.45. The van der Waals surface area contributed by atoms with Crippen molar-refractivity contribution < 1.29 is 62.0 Å². The number of alkyl carbamates (subject to hydrolysis) is 3. The number of ketones is 2. The van der Waals surface area contributed by atoms with Crippen molar-refractivity contribution in [3.63, 3.8) is 0 Å². The quantitative estimate of drug-likeness (QED) is 0.0300. The van der Waals surface area contributed by atoms with Gasteiger partial charge in [0.05, 0.1) is 18.8 Å². The maximum atomic E-state index is 14.8. The lowest BCUT2D eigenvalue weighted by Gasteiger charge is -2.24. The number of carbonyl (C=O) groups is 8. The van der Waals surface area contributed by atoms with E-state index in [-0.39, 0.29) is 63.4 Å². The molecule has 0 spiro atoms. The summed E-state index contributed by atoms with van der Waals surface area (Å²) in [4.78, 5) is 113. The summed E-state index contributed by atoms with van der Waals surface area (Å²) >= 11 is 0. The van der Waals surface area contributed by atoms with Gasteiger partial charge in [0.1, 0.15) is 41.6 Å². The molecule has 1 aliphatic rings. The average Bonchev–Trinajstić information content (AvgIpc) is 3.95. The number of esters is 1. The normalized spacial score (nSPS) is 13.9. The van der Waals surface area contributed by atoms with Gasteiger partial charge in [-0.2, -0.15) is 0 Å². The molecule has 0 fully saturated rings. The highest BCUT2D eigenvalue weighted by molar-refractivity contribution is 5.94. The van der Waals surface area contributed by atoms with Crippen LogP contribution in [0.4, 0.5) is 19.2 Å². The van der Waals surface area contributed by atoms with Gasteiger partial charge in [-0.1, -0.05) is 87.6 Å². The van der Waals surface area contributed by atoms with Crippen LogP contribution >= 0.6 is 0 Å². The Morgan fingerprint density at radius 2 is 1.13 bits per heavy atom. The fraction of sp³-hybridized carbons (Fsp3) is 0.603. The first-order valence-corrected chi connectivity index (χ1v) is 27.0. The summed E-state index contributed by atoms with van der Waals surface area (Å²) in [6.07, 6.45) is 3.70. The summed E-state index contributed by atoms with van der Waals surface area (Å²) < 4.78 is 28.3. The third-order valence-electron chi connectivity index (χ3n) is 12.6. The second-order valence-corrected chi connectivity index (χ2v) is 22.6. The largest absolute Gasteiger partial charge is 0.467 e. The summed E-state index contributed by atoms with van der Waals surface area (Å²) in [5.41, 5.74) is 2.09. The van der Waals surface area contributed by atoms with E-state index in [2.05, 4.69) is 26.3 Å². The zero-order chi connectivity index (χ0) is 56.9. The number of methoxy groups -OCH3 is 1. The lowest BCUT2D eigenvalue weighted by molar-refractivity contribution is -0.146. The van der Waals surface area contributed by atoms with Crippen molar-refractivity contribution in [3.8, 4) is 11.1 Å². The van der Waals surface area contributed by atoms with E-state index in [1.54, 1.807) is 62.3 Å². The number of aromatic nitrogens is 2. The number of fused-ring (bicyclic) bond motifs is 3. The number of benzene rings is 2. The lowest BCUT2D eigenvalue weighted by atomic mass is 9.84. The zero-order valence-electron chi connectivity index (χ0n) is 47.2. The summed E-state index contributed by atoms with van der Waals surface area (Å²) in [5, 5.41) is 11.0. The van der Waals surface area contributed by atoms with Gasteiger partial charge in [-0.05, 0) is 117 Å². The minimum Gasteiger partial charge on any atom is -0.467 e. The fourth-order valence-electron chi connectivity index (χ4n) is 8.94. The Morgan fingerprint density at radius 1 is 0.610 bits per heavy atom. The number of carbonyl (C=O) groups excluding carboxylic acids is 8. The molecule has 3 aromatic rings. The molecule has 19 nitrogen and oxygen atoms in total. The van der Waals surface area contributed by atoms with Crippen LogP contribution in [0.3, 0.4) is 0 Å². The Hall–Kier alpha value is -6.79. The molecule has 4 atom stereocenters. The molecule has 1 aromatic heterocycles. The molecule has 4 amide bonds. The van der Waals surface area contributed by atoms with Crippen molar-refractivity contribution in [2.75, 3.05) is 26.8 Å². The van der Waals surface area contributed by atoms with Crippen molar-refractivity contribution in [1.82, 2.24) is 30.8 Å². The molecule has 0 bridgehead atoms. The van der Waals surface area contributed by atoms with Gasteiger partial charge in [-0.15, -0.1) is 0 Å². The highest BCUT2D eigenvalue weighted by Gasteiger charge is 2.34. The first-order valence-electron chi connectivity index (χ1n) is 27.0. The van der Waals surface area contributed by atoms with E-state index < -0.39 is 88.5 Å². The number of unbranched alkanes of at least 4 members (excludes halogenated alkanes) is 4. The molecule has 4 rings (SSSR count). The second-order valence-electron chi connectivity index (χ2n) is 22.6. The number of nitrogens with one attached hydrogen (secondary N) is 4. The maximum absolute atomic E-state index is 14.8. The number of ether oxygens (including phenoxy) is 5. The van der Waals surface area contributed by atoms with E-state index in [4.69, 9.17) is 23.7 Å². The molecule has 2 aromatic carbocycles. The molecule has 0 radical (unpaired) electrons. The maximum Gasteiger partial charge on any atom is 0.419 e. The Bertz CT molecular complexity index is 2420. The van der Waals surface area contributed by atoms with Crippen LogP contribution in [0, 0.1) is 11.8 Å². The summed E-state index contributed by atoms with van der Waals surface area (Å²) in [6, 6.07) is 13.5. The highest BCUT2D eigenvalue weighted by Crippen LogP contribution is 2.44. The Balaban J connectivity index is 1.63. The van der Waals surface area contributed by atoms with Crippen molar-refractivity contribution in [3.05, 3.63) is 77.9 Å². The van der Waals surface area contributed by atoms with Crippen LogP contribution in [-0.4, -0.2) is 113 Å². The van der Waals surface area contributed by atoms with Gasteiger partial charge >= 0.3 is 30.3 Å². The Morgan fingerprint density at radius 3 is 1.66 bits per heavy atom. The van der Waals surface area contributed by atoms with Gasteiger partial charge < -0.3 is 45.0 Å². The van der Waals surface area contributed by atoms with E-state index in [0.717, 1.165) is 39.7 Å². The van der Waals surface area contributed by atoms with Gasteiger partial charge in [-0.3, -0.25) is 14.4 Å². The number of nitrogens with zero attached hydrogens (tertiary/aromatic N) is 2. The van der Waals surface area contributed by atoms with Crippen LogP contribution in [-0.2, 0) is 49.3 Å². The SMILES string of the molecule is CCCCCC(NC(=O)C(CCCCNC(=O)OC(C)(C)C)CC(=O)C(CCCCNC(=O)OC(C)(C)C)CC(=O)C(Cc1cn(C(=O)OC(C)(C)C)cn1)NC(=O)OCC1c2ccccc2-c2ccccc21)C(=O)OC. The van der Waals surface area contributed by atoms with Crippen molar-refractivity contribution in [1.29, 1.82) is 0 Å². The highest BCUT2D eigenvalue weighted by atomic mass is 16.6. The third kappa shape index (κ3) is 22.0. The number of amides is 4. The molecule has 77 heavy (non-hydrogen) atoms. The molecule has 0 aliphatic heterocycles. The van der Waals surface area contributed by atoms with Gasteiger partial charge in [-0.25, -0.2) is 33.5 Å². The first kappa shape index (κ1) is 62.7. The van der Waals surface area contributed by atoms with Crippen molar-refractivity contribution >= 4 is 47.8 Å². The smallest absolute Gasteiger partial charge is 0.419 e. The number of rotatable bonds is 28. The van der Waals surface area contributed by atoms with E-state index in [9.17, 15) is 38.4 Å². The average molecular weight is 1070 g/mol. The minimum absolute atomic E-state index is 0.0392. The predicted molar refractivity (Wildman–Crippen MR) is 290 cm³/mol. The number of imidazole rings is 1. The molecular weight excluding hydrogens is 989 g/mol. The number of Topliss-reactive ketones (excluding diaryl/α,β-unsaturated/α-hetero) is 2. The topological polar surface area (TPSA) is 249 Å². The molecular formula is C58H84N6O13. The molecule has 4 unspecified atom stereocenters. The Kier molecular flexibility index (Phi) is 24.2. The predicted octanol–water partition coefficient (Wildman–Crippen LogP) is 9.89. The zero-order valence-corrected chi connectivity index (χ0v) is 47.2. The monoisotopic (exact) mass is 1070 g/mol. The summed E-state index contributed by atoms with van der Waals surface area (Å²) in [5.74, 6) is -4.28. The second kappa shape index (κ2) is 29.7. The first-order chi connectivity index (χ1) is 36.3. The summed E-state index contributed by atoms with van der Waals surface area (Å²) in [7, 11) is 1.24. The molecule has 0 saturated heterocycles. The Labute approximate surface area is 454 Å². The van der Waals surface area contributed by atoms with E-state index in [1.165, 1.54) is 19.6 Å². The van der Waals surface area contributed by atoms with E-state index in [1.807, 2.05) is 55.5 Å². The van der Waals surface area contributed by atoms with Gasteiger partial charge in [0.15, 0.2) is 5.78 Å². The van der Waals surface area contributed by atoms with Gasteiger partial charge in [0, 0.05) is 56.3 Å². The standard InChI is InChI=1S/C58H84N6O13/c1-12-13-14-29-46(51(68)73-11)62-50(67)39(24-20-22-31-60-53(70)76-57(5,6)7)33-48(65)38(23-19-21-30-59-52(69)75-56(2,3)4)32-49(66)47(34-40-35-64(37-61-40)55(72)77-58(8,9)10)63-54(71)74-36-45-43-27-17-15-25-41(43)42-26-16-18-28-44(42)45/h15-18,25-28,35,37-39,45-47H,12-14,19-24,29-34,36H2,1-11H3,(H,59,69)(H,60,70)(H,62,67)(H,63,71). The van der Waals surface area contributed by atoms with Crippen LogP contribution in [0.1, 0.15) is 169 Å². The molecule has 1 aliphatic carbocycles. The van der Waals surface area contributed by atoms with Crippen molar-refractivity contribution in [2.45, 2.75) is 188 Å². The third-order valence-corrected chi connectivity index (χ3v) is 12.6. The molecule has 424 valence electrons. The fourth-order valence-corrected chi connectivity index (χ4v) is 8.94. The van der Waals surface area contributed by atoms with Crippen LogP contribution in [0.5, 0.6) is 0 Å². The summed E-state index contributed by atoms with van der Waals surface area (Å²) in [6.45, 7) is 18.1. The van der Waals surface area contributed by atoms with Crippen LogP contribution in [0.15, 0.2) is 61.1 Å².